The van der Waals surface area contributed by atoms with E-state index in [1.54, 1.807) is 0 Å². The summed E-state index contributed by atoms with van der Waals surface area (Å²) >= 11 is 0. The van der Waals surface area contributed by atoms with Gasteiger partial charge >= 0.3 is 0 Å². The average molecular weight is 264 g/mol. The van der Waals surface area contributed by atoms with Gasteiger partial charge in [0.1, 0.15) is 11.5 Å². The standard InChI is InChI=1S/C16H28N2O/c1-13-11-16(19-15(13)3)12-17(4)10-7-14(2)18-8-5-6-9-18/h11,14H,5-10,12H2,1-4H3. The first-order chi connectivity index (χ1) is 9.06. The minimum absolute atomic E-state index is 0.713. The monoisotopic (exact) mass is 264 g/mol. The van der Waals surface area contributed by atoms with Gasteiger partial charge in [0.15, 0.2) is 0 Å². The fraction of sp³-hybridized carbons (Fsp3) is 0.750. The van der Waals surface area contributed by atoms with Gasteiger partial charge in [-0.1, -0.05) is 0 Å². The van der Waals surface area contributed by atoms with Gasteiger partial charge in [-0.2, -0.15) is 0 Å². The number of furan rings is 1. The van der Waals surface area contributed by atoms with Gasteiger partial charge in [0.05, 0.1) is 6.54 Å². The Morgan fingerprint density at radius 2 is 2.00 bits per heavy atom. The first-order valence-electron chi connectivity index (χ1n) is 7.55. The van der Waals surface area contributed by atoms with Crippen molar-refractivity contribution in [1.29, 1.82) is 0 Å². The molecule has 3 heteroatoms. The lowest BCUT2D eigenvalue weighted by Crippen LogP contribution is -2.33. The molecule has 0 spiro atoms. The summed E-state index contributed by atoms with van der Waals surface area (Å²) < 4.78 is 5.74. The molecule has 0 bridgehead atoms. The van der Waals surface area contributed by atoms with Crippen LogP contribution in [0.3, 0.4) is 0 Å². The van der Waals surface area contributed by atoms with Crippen molar-refractivity contribution in [2.24, 2.45) is 0 Å². The predicted octanol–water partition coefficient (Wildman–Crippen LogP) is 3.20. The molecule has 0 aliphatic carbocycles. The molecule has 1 fully saturated rings. The fourth-order valence-corrected chi connectivity index (χ4v) is 2.84. The number of hydrogen-bond donors (Lipinski definition) is 0. The van der Waals surface area contributed by atoms with E-state index in [4.69, 9.17) is 4.42 Å². The molecule has 1 aromatic heterocycles. The van der Waals surface area contributed by atoms with Crippen LogP contribution in [0.4, 0.5) is 0 Å². The maximum absolute atomic E-state index is 5.74. The third-order valence-corrected chi connectivity index (χ3v) is 4.34. The second-order valence-corrected chi connectivity index (χ2v) is 6.07. The van der Waals surface area contributed by atoms with Crippen LogP contribution in [0.2, 0.25) is 0 Å². The van der Waals surface area contributed by atoms with E-state index in [0.29, 0.717) is 6.04 Å². The van der Waals surface area contributed by atoms with E-state index in [0.717, 1.165) is 24.6 Å². The first-order valence-corrected chi connectivity index (χ1v) is 7.55. The van der Waals surface area contributed by atoms with Gasteiger partial charge < -0.3 is 9.32 Å². The molecule has 0 N–H and O–H groups in total. The van der Waals surface area contributed by atoms with Gasteiger partial charge in [0.2, 0.25) is 0 Å². The van der Waals surface area contributed by atoms with Crippen LogP contribution in [0.15, 0.2) is 10.5 Å². The summed E-state index contributed by atoms with van der Waals surface area (Å²) in [6.45, 7) is 11.1. The highest BCUT2D eigenvalue weighted by atomic mass is 16.3. The molecule has 1 unspecified atom stereocenters. The molecule has 0 amide bonds. The zero-order valence-corrected chi connectivity index (χ0v) is 12.9. The van der Waals surface area contributed by atoms with E-state index in [2.05, 4.69) is 36.8 Å². The topological polar surface area (TPSA) is 19.6 Å². The summed E-state index contributed by atoms with van der Waals surface area (Å²) in [4.78, 5) is 4.99. The highest BCUT2D eigenvalue weighted by Crippen LogP contribution is 2.16. The van der Waals surface area contributed by atoms with E-state index < -0.39 is 0 Å². The number of hydrogen-bond acceptors (Lipinski definition) is 3. The van der Waals surface area contributed by atoms with Gasteiger partial charge in [0, 0.05) is 6.04 Å². The first kappa shape index (κ1) is 14.6. The van der Waals surface area contributed by atoms with Crippen molar-refractivity contribution in [2.75, 3.05) is 26.7 Å². The average Bonchev–Trinajstić information content (AvgIpc) is 2.98. The molecule has 2 rings (SSSR count). The molecule has 1 atom stereocenters. The third-order valence-electron chi connectivity index (χ3n) is 4.34. The largest absolute Gasteiger partial charge is 0.465 e. The van der Waals surface area contributed by atoms with Gasteiger partial charge in [-0.05, 0) is 78.3 Å². The zero-order chi connectivity index (χ0) is 13.8. The van der Waals surface area contributed by atoms with Crippen molar-refractivity contribution in [3.05, 3.63) is 23.2 Å². The molecule has 0 radical (unpaired) electrons. The summed E-state index contributed by atoms with van der Waals surface area (Å²) in [6, 6.07) is 2.88. The molecule has 108 valence electrons. The second-order valence-electron chi connectivity index (χ2n) is 6.07. The van der Waals surface area contributed by atoms with Gasteiger partial charge in [-0.3, -0.25) is 4.90 Å². The number of likely N-dealkylation sites (tertiary alicyclic amines) is 1. The third kappa shape index (κ3) is 4.08. The Labute approximate surface area is 117 Å². The van der Waals surface area contributed by atoms with Crippen LogP contribution in [0.5, 0.6) is 0 Å². The number of nitrogens with zero attached hydrogens (tertiary/aromatic N) is 2. The minimum atomic E-state index is 0.713. The highest BCUT2D eigenvalue weighted by Gasteiger charge is 2.18. The Bertz CT molecular complexity index is 374. The van der Waals surface area contributed by atoms with Gasteiger partial charge in [-0.25, -0.2) is 0 Å². The van der Waals surface area contributed by atoms with Crippen molar-refractivity contribution in [3.8, 4) is 0 Å². The lowest BCUT2D eigenvalue weighted by Gasteiger charge is -2.25. The maximum Gasteiger partial charge on any atom is 0.118 e. The molecular formula is C16H28N2O. The summed E-state index contributed by atoms with van der Waals surface area (Å²) in [7, 11) is 2.18. The molecule has 0 aromatic carbocycles. The van der Waals surface area contributed by atoms with Crippen molar-refractivity contribution >= 4 is 0 Å². The molecule has 1 saturated heterocycles. The van der Waals surface area contributed by atoms with E-state index in [1.807, 2.05) is 6.92 Å². The van der Waals surface area contributed by atoms with Crippen LogP contribution in [-0.4, -0.2) is 42.5 Å². The Morgan fingerprint density at radius 3 is 2.58 bits per heavy atom. The molecule has 19 heavy (non-hydrogen) atoms. The summed E-state index contributed by atoms with van der Waals surface area (Å²) in [5, 5.41) is 0. The molecule has 0 saturated carbocycles. The van der Waals surface area contributed by atoms with Crippen molar-refractivity contribution in [3.63, 3.8) is 0 Å². The van der Waals surface area contributed by atoms with Crippen molar-refractivity contribution < 1.29 is 4.42 Å². The molecule has 1 aliphatic rings. The normalized spacial score (nSPS) is 18.4. The van der Waals surface area contributed by atoms with E-state index in [-0.39, 0.29) is 0 Å². The fourth-order valence-electron chi connectivity index (χ4n) is 2.84. The van der Waals surface area contributed by atoms with Crippen LogP contribution >= 0.6 is 0 Å². The smallest absolute Gasteiger partial charge is 0.118 e. The van der Waals surface area contributed by atoms with Gasteiger partial charge in [-0.15, -0.1) is 0 Å². The van der Waals surface area contributed by atoms with E-state index in [1.165, 1.54) is 37.9 Å². The van der Waals surface area contributed by atoms with E-state index in [9.17, 15) is 0 Å². The summed E-state index contributed by atoms with van der Waals surface area (Å²) in [5.41, 5.74) is 1.26. The maximum atomic E-state index is 5.74. The summed E-state index contributed by atoms with van der Waals surface area (Å²) in [6.07, 6.45) is 4.01. The lowest BCUT2D eigenvalue weighted by atomic mass is 10.2. The highest BCUT2D eigenvalue weighted by molar-refractivity contribution is 5.18. The van der Waals surface area contributed by atoms with Crippen LogP contribution in [0.1, 0.15) is 43.3 Å². The van der Waals surface area contributed by atoms with Crippen LogP contribution in [0, 0.1) is 13.8 Å². The molecule has 3 nitrogen and oxygen atoms in total. The van der Waals surface area contributed by atoms with Gasteiger partial charge in [0.25, 0.3) is 0 Å². The predicted molar refractivity (Wildman–Crippen MR) is 79.4 cm³/mol. The van der Waals surface area contributed by atoms with Crippen molar-refractivity contribution in [2.45, 2.75) is 52.6 Å². The van der Waals surface area contributed by atoms with Crippen molar-refractivity contribution in [1.82, 2.24) is 9.80 Å². The number of rotatable bonds is 6. The Kier molecular flexibility index (Phi) is 5.06. The Hall–Kier alpha value is -0.800. The SMILES string of the molecule is Cc1cc(CN(C)CCC(C)N2CCCC2)oc1C. The zero-order valence-electron chi connectivity index (χ0n) is 12.9. The molecule has 2 heterocycles. The van der Waals surface area contributed by atoms with Crippen LogP contribution < -0.4 is 0 Å². The second kappa shape index (κ2) is 6.58. The molecule has 1 aromatic rings. The quantitative estimate of drug-likeness (QED) is 0.786. The van der Waals surface area contributed by atoms with E-state index >= 15 is 0 Å². The Morgan fingerprint density at radius 1 is 1.32 bits per heavy atom. The molecule has 1 aliphatic heterocycles. The lowest BCUT2D eigenvalue weighted by molar-refractivity contribution is 0.209. The van der Waals surface area contributed by atoms with Crippen LogP contribution in [0.25, 0.3) is 0 Å². The number of aryl methyl sites for hydroxylation is 2. The minimum Gasteiger partial charge on any atom is -0.465 e. The Balaban J connectivity index is 1.73. The van der Waals surface area contributed by atoms with Crippen LogP contribution in [-0.2, 0) is 6.54 Å². The summed E-state index contributed by atoms with van der Waals surface area (Å²) in [5.74, 6) is 2.14. The molecular weight excluding hydrogens is 236 g/mol.